The van der Waals surface area contributed by atoms with Gasteiger partial charge in [-0.1, -0.05) is 17.7 Å². The Bertz CT molecular complexity index is 696. The largest absolute Gasteiger partial charge is 0.383 e. The van der Waals surface area contributed by atoms with E-state index < -0.39 is 11.2 Å². The Morgan fingerprint density at radius 2 is 2.16 bits per heavy atom. The van der Waals surface area contributed by atoms with Crippen molar-refractivity contribution in [1.29, 1.82) is 0 Å². The molecule has 0 aliphatic heterocycles. The molecule has 0 amide bonds. The van der Waals surface area contributed by atoms with Gasteiger partial charge in [0.2, 0.25) is 0 Å². The maximum absolute atomic E-state index is 12.9. The molecule has 1 heterocycles. The first-order valence-electron chi connectivity index (χ1n) is 5.55. The average molecular weight is 284 g/mol. The Hall–Kier alpha value is -2.08. The van der Waals surface area contributed by atoms with Crippen LogP contribution < -0.4 is 16.6 Å². The zero-order valence-corrected chi connectivity index (χ0v) is 10.6. The maximum atomic E-state index is 12.9. The van der Waals surface area contributed by atoms with E-state index in [4.69, 9.17) is 11.6 Å². The molecule has 0 saturated carbocycles. The highest BCUT2D eigenvalue weighted by molar-refractivity contribution is 6.30. The SMILES string of the molecule is O=c1[nH]c(=O)n(CCNc2cccc(F)c2)cc1Cl. The molecule has 1 aromatic heterocycles. The van der Waals surface area contributed by atoms with Gasteiger partial charge >= 0.3 is 5.69 Å². The highest BCUT2D eigenvalue weighted by Gasteiger charge is 2.02. The second kappa shape index (κ2) is 5.71. The first-order valence-corrected chi connectivity index (χ1v) is 5.93. The molecule has 0 fully saturated rings. The highest BCUT2D eigenvalue weighted by Crippen LogP contribution is 2.08. The summed E-state index contributed by atoms with van der Waals surface area (Å²) in [6.45, 7) is 0.692. The van der Waals surface area contributed by atoms with Gasteiger partial charge in [0, 0.05) is 25.0 Å². The van der Waals surface area contributed by atoms with Crippen molar-refractivity contribution < 1.29 is 4.39 Å². The van der Waals surface area contributed by atoms with Crippen LogP contribution in [0.1, 0.15) is 0 Å². The quantitative estimate of drug-likeness (QED) is 0.892. The van der Waals surface area contributed by atoms with Crippen LogP contribution >= 0.6 is 11.6 Å². The van der Waals surface area contributed by atoms with E-state index in [0.717, 1.165) is 0 Å². The second-order valence-corrected chi connectivity index (χ2v) is 4.27. The van der Waals surface area contributed by atoms with Gasteiger partial charge in [0.05, 0.1) is 0 Å². The van der Waals surface area contributed by atoms with Crippen molar-refractivity contribution in [1.82, 2.24) is 9.55 Å². The van der Waals surface area contributed by atoms with Gasteiger partial charge in [-0.25, -0.2) is 9.18 Å². The number of anilines is 1. The van der Waals surface area contributed by atoms with E-state index in [1.165, 1.54) is 22.9 Å². The summed E-state index contributed by atoms with van der Waals surface area (Å²) in [7, 11) is 0. The summed E-state index contributed by atoms with van der Waals surface area (Å²) in [6, 6.07) is 5.99. The minimum Gasteiger partial charge on any atom is -0.383 e. The van der Waals surface area contributed by atoms with E-state index in [-0.39, 0.29) is 10.8 Å². The van der Waals surface area contributed by atoms with Crippen LogP contribution in [0.15, 0.2) is 40.1 Å². The van der Waals surface area contributed by atoms with E-state index in [1.807, 2.05) is 0 Å². The summed E-state index contributed by atoms with van der Waals surface area (Å²) in [4.78, 5) is 24.6. The van der Waals surface area contributed by atoms with E-state index in [1.54, 1.807) is 12.1 Å². The third-order valence-electron chi connectivity index (χ3n) is 2.47. The van der Waals surface area contributed by atoms with Crippen molar-refractivity contribution in [3.05, 3.63) is 62.1 Å². The topological polar surface area (TPSA) is 66.9 Å². The van der Waals surface area contributed by atoms with Crippen LogP contribution in [0, 0.1) is 5.82 Å². The number of halogens is 2. The van der Waals surface area contributed by atoms with Crippen LogP contribution in [-0.4, -0.2) is 16.1 Å². The number of benzene rings is 1. The second-order valence-electron chi connectivity index (χ2n) is 3.87. The lowest BCUT2D eigenvalue weighted by molar-refractivity contribution is 0.627. The van der Waals surface area contributed by atoms with Gasteiger partial charge in [0.1, 0.15) is 10.8 Å². The predicted octanol–water partition coefficient (Wildman–Crippen LogP) is 1.44. The Morgan fingerprint density at radius 1 is 1.37 bits per heavy atom. The van der Waals surface area contributed by atoms with Crippen LogP contribution in [0.3, 0.4) is 0 Å². The summed E-state index contributed by atoms with van der Waals surface area (Å²) in [5.41, 5.74) is -0.528. The molecule has 2 rings (SSSR count). The van der Waals surface area contributed by atoms with Gasteiger partial charge in [-0.3, -0.25) is 14.3 Å². The fraction of sp³-hybridized carbons (Fsp3) is 0.167. The standard InChI is InChI=1S/C12H11ClFN3O2/c13-10-7-17(12(19)16-11(10)18)5-4-15-9-3-1-2-8(14)6-9/h1-3,6-7,15H,4-5H2,(H,16,18,19). The zero-order chi connectivity index (χ0) is 13.8. The molecule has 2 aromatic rings. The molecule has 100 valence electrons. The number of aromatic nitrogens is 2. The van der Waals surface area contributed by atoms with Crippen LogP contribution in [0.25, 0.3) is 0 Å². The minimum absolute atomic E-state index is 0.0506. The summed E-state index contributed by atoms with van der Waals surface area (Å²) in [5, 5.41) is 2.91. The first kappa shape index (κ1) is 13.4. The van der Waals surface area contributed by atoms with Gasteiger partial charge in [-0.15, -0.1) is 0 Å². The molecular weight excluding hydrogens is 273 g/mol. The molecule has 0 spiro atoms. The molecule has 7 heteroatoms. The van der Waals surface area contributed by atoms with E-state index in [2.05, 4.69) is 10.3 Å². The Kier molecular flexibility index (Phi) is 4.01. The summed E-state index contributed by atoms with van der Waals surface area (Å²) in [5.74, 6) is -0.339. The van der Waals surface area contributed by atoms with E-state index in [0.29, 0.717) is 18.8 Å². The molecule has 0 aliphatic rings. The summed E-state index contributed by atoms with van der Waals surface area (Å²) in [6.07, 6.45) is 1.27. The summed E-state index contributed by atoms with van der Waals surface area (Å²) < 4.78 is 14.2. The molecule has 0 radical (unpaired) electrons. The van der Waals surface area contributed by atoms with E-state index >= 15 is 0 Å². The van der Waals surface area contributed by atoms with Crippen LogP contribution in [0.2, 0.25) is 5.02 Å². The average Bonchev–Trinajstić information content (AvgIpc) is 2.35. The molecule has 0 bridgehead atoms. The van der Waals surface area contributed by atoms with Gasteiger partial charge in [0.15, 0.2) is 0 Å². The van der Waals surface area contributed by atoms with Crippen molar-refractivity contribution in [2.45, 2.75) is 6.54 Å². The Labute approximate surface area is 112 Å². The van der Waals surface area contributed by atoms with Gasteiger partial charge in [-0.05, 0) is 18.2 Å². The number of rotatable bonds is 4. The third kappa shape index (κ3) is 3.45. The Morgan fingerprint density at radius 3 is 2.89 bits per heavy atom. The zero-order valence-electron chi connectivity index (χ0n) is 9.82. The number of hydrogen-bond acceptors (Lipinski definition) is 3. The number of aromatic amines is 1. The molecule has 2 N–H and O–H groups in total. The van der Waals surface area contributed by atoms with Crippen molar-refractivity contribution in [2.75, 3.05) is 11.9 Å². The van der Waals surface area contributed by atoms with Crippen molar-refractivity contribution in [3.8, 4) is 0 Å². The number of nitrogens with zero attached hydrogens (tertiary/aromatic N) is 1. The van der Waals surface area contributed by atoms with E-state index in [9.17, 15) is 14.0 Å². The number of H-pyrrole nitrogens is 1. The fourth-order valence-electron chi connectivity index (χ4n) is 1.57. The van der Waals surface area contributed by atoms with Crippen molar-refractivity contribution >= 4 is 17.3 Å². The molecule has 0 saturated heterocycles. The molecule has 19 heavy (non-hydrogen) atoms. The maximum Gasteiger partial charge on any atom is 0.328 e. The fourth-order valence-corrected chi connectivity index (χ4v) is 1.73. The van der Waals surface area contributed by atoms with Gasteiger partial charge < -0.3 is 5.32 Å². The molecule has 1 aromatic carbocycles. The number of nitrogens with one attached hydrogen (secondary N) is 2. The van der Waals surface area contributed by atoms with Crippen LogP contribution in [0.5, 0.6) is 0 Å². The molecule has 5 nitrogen and oxygen atoms in total. The Balaban J connectivity index is 2.02. The van der Waals surface area contributed by atoms with Gasteiger partial charge in [0.25, 0.3) is 5.56 Å². The molecular formula is C12H11ClFN3O2. The summed E-state index contributed by atoms with van der Waals surface area (Å²) >= 11 is 5.63. The van der Waals surface area contributed by atoms with Gasteiger partial charge in [-0.2, -0.15) is 0 Å². The van der Waals surface area contributed by atoms with Crippen molar-refractivity contribution in [2.24, 2.45) is 0 Å². The molecule has 0 unspecified atom stereocenters. The lowest BCUT2D eigenvalue weighted by atomic mass is 10.3. The molecule has 0 atom stereocenters. The molecule has 0 aliphatic carbocycles. The lowest BCUT2D eigenvalue weighted by Crippen LogP contribution is -2.31. The normalized spacial score (nSPS) is 10.4. The van der Waals surface area contributed by atoms with Crippen molar-refractivity contribution in [3.63, 3.8) is 0 Å². The number of hydrogen-bond donors (Lipinski definition) is 2. The highest BCUT2D eigenvalue weighted by atomic mass is 35.5. The van der Waals surface area contributed by atoms with Crippen LogP contribution in [0.4, 0.5) is 10.1 Å². The minimum atomic E-state index is -0.610. The monoisotopic (exact) mass is 283 g/mol. The lowest BCUT2D eigenvalue weighted by Gasteiger charge is -2.08. The smallest absolute Gasteiger partial charge is 0.328 e. The third-order valence-corrected chi connectivity index (χ3v) is 2.74. The predicted molar refractivity (Wildman–Crippen MR) is 71.2 cm³/mol. The first-order chi connectivity index (χ1) is 9.06. The van der Waals surface area contributed by atoms with Crippen LogP contribution in [-0.2, 0) is 6.54 Å².